The summed E-state index contributed by atoms with van der Waals surface area (Å²) in [5, 5.41) is 5.92. The van der Waals surface area contributed by atoms with Crippen LogP contribution in [0.3, 0.4) is 0 Å². The number of rotatable bonds is 7. The van der Waals surface area contributed by atoms with E-state index in [0.717, 1.165) is 22.2 Å². The van der Waals surface area contributed by atoms with Gasteiger partial charge >= 0.3 is 5.97 Å². The molecule has 7 heteroatoms. The van der Waals surface area contributed by atoms with Crippen LogP contribution in [0.1, 0.15) is 24.2 Å². The van der Waals surface area contributed by atoms with Crippen LogP contribution < -0.4 is 14.8 Å². The minimum absolute atomic E-state index is 0.0749. The van der Waals surface area contributed by atoms with Gasteiger partial charge in [-0.05, 0) is 62.4 Å². The zero-order chi connectivity index (χ0) is 21.6. The van der Waals surface area contributed by atoms with Gasteiger partial charge in [-0.25, -0.2) is 9.78 Å². The zero-order valence-corrected chi connectivity index (χ0v) is 17.9. The molecular formula is C24H21N3O3S. The minimum Gasteiger partial charge on any atom is -0.491 e. The van der Waals surface area contributed by atoms with E-state index in [2.05, 4.69) is 15.3 Å². The summed E-state index contributed by atoms with van der Waals surface area (Å²) in [6, 6.07) is 19.8. The first kappa shape index (κ1) is 20.6. The van der Waals surface area contributed by atoms with Gasteiger partial charge in [0.05, 0.1) is 17.4 Å². The van der Waals surface area contributed by atoms with Gasteiger partial charge in [-0.1, -0.05) is 12.1 Å². The number of thiazole rings is 1. The number of esters is 1. The van der Waals surface area contributed by atoms with Gasteiger partial charge in [0.25, 0.3) is 0 Å². The third-order valence-corrected chi connectivity index (χ3v) is 4.95. The first-order valence-corrected chi connectivity index (χ1v) is 10.7. The van der Waals surface area contributed by atoms with Crippen LogP contribution in [0.4, 0.5) is 10.8 Å². The lowest BCUT2D eigenvalue weighted by Crippen LogP contribution is -2.09. The second-order valence-electron chi connectivity index (χ2n) is 6.99. The molecule has 0 aliphatic rings. The molecule has 0 fully saturated rings. The molecule has 2 aromatic heterocycles. The highest BCUT2D eigenvalue weighted by Crippen LogP contribution is 2.27. The molecule has 0 aliphatic heterocycles. The van der Waals surface area contributed by atoms with Gasteiger partial charge in [0, 0.05) is 23.3 Å². The smallest absolute Gasteiger partial charge is 0.343 e. The maximum atomic E-state index is 12.5. The Kier molecular flexibility index (Phi) is 6.24. The van der Waals surface area contributed by atoms with E-state index in [4.69, 9.17) is 9.47 Å². The molecule has 0 saturated carbocycles. The maximum absolute atomic E-state index is 12.5. The molecule has 0 saturated heterocycles. The molecule has 0 radical (unpaired) electrons. The van der Waals surface area contributed by atoms with Gasteiger partial charge in [-0.2, -0.15) is 0 Å². The van der Waals surface area contributed by atoms with E-state index in [1.165, 1.54) is 11.3 Å². The fourth-order valence-electron chi connectivity index (χ4n) is 2.83. The third kappa shape index (κ3) is 5.46. The first-order chi connectivity index (χ1) is 15.1. The number of aromatic nitrogens is 2. The Morgan fingerprint density at radius 1 is 0.968 bits per heavy atom. The number of ether oxygens (including phenoxy) is 2. The lowest BCUT2D eigenvalue weighted by Gasteiger charge is -2.10. The summed E-state index contributed by atoms with van der Waals surface area (Å²) in [4.78, 5) is 21.4. The molecule has 0 atom stereocenters. The fourth-order valence-corrected chi connectivity index (χ4v) is 3.56. The molecule has 2 aromatic carbocycles. The number of nitrogens with one attached hydrogen (secondary N) is 1. The van der Waals surface area contributed by atoms with Crippen LogP contribution in [0.25, 0.3) is 11.4 Å². The summed E-state index contributed by atoms with van der Waals surface area (Å²) in [7, 11) is 0. The number of carbonyl (C=O) groups excluding carboxylic acids is 1. The molecule has 4 rings (SSSR count). The van der Waals surface area contributed by atoms with Crippen LogP contribution in [0.5, 0.6) is 11.5 Å². The van der Waals surface area contributed by atoms with Crippen LogP contribution in [-0.2, 0) is 0 Å². The monoisotopic (exact) mass is 431 g/mol. The highest BCUT2D eigenvalue weighted by atomic mass is 32.1. The van der Waals surface area contributed by atoms with Crippen molar-refractivity contribution in [3.8, 4) is 22.9 Å². The number of nitrogens with zero attached hydrogens (tertiary/aromatic N) is 2. The summed E-state index contributed by atoms with van der Waals surface area (Å²) in [6.07, 6.45) is 1.82. The van der Waals surface area contributed by atoms with E-state index < -0.39 is 5.97 Å². The van der Waals surface area contributed by atoms with E-state index in [9.17, 15) is 4.79 Å². The van der Waals surface area contributed by atoms with Gasteiger partial charge in [0.2, 0.25) is 0 Å². The molecule has 0 bridgehead atoms. The Morgan fingerprint density at radius 2 is 1.81 bits per heavy atom. The Hall–Kier alpha value is -3.71. The van der Waals surface area contributed by atoms with Crippen molar-refractivity contribution in [1.29, 1.82) is 0 Å². The quantitative estimate of drug-likeness (QED) is 0.288. The lowest BCUT2D eigenvalue weighted by molar-refractivity contribution is 0.0735. The second-order valence-corrected chi connectivity index (χ2v) is 7.84. The lowest BCUT2D eigenvalue weighted by atomic mass is 10.2. The van der Waals surface area contributed by atoms with Crippen LogP contribution in [0.15, 0.2) is 78.3 Å². The van der Waals surface area contributed by atoms with Crippen molar-refractivity contribution in [3.63, 3.8) is 0 Å². The van der Waals surface area contributed by atoms with Crippen molar-refractivity contribution >= 4 is 28.1 Å². The average Bonchev–Trinajstić information content (AvgIpc) is 3.23. The number of anilines is 2. The summed E-state index contributed by atoms with van der Waals surface area (Å²) in [5.41, 5.74) is 2.85. The fraction of sp³-hybridized carbons (Fsp3) is 0.125. The van der Waals surface area contributed by atoms with E-state index in [-0.39, 0.29) is 6.10 Å². The molecule has 1 N–H and O–H groups in total. The van der Waals surface area contributed by atoms with Gasteiger partial charge < -0.3 is 14.8 Å². The van der Waals surface area contributed by atoms with Crippen molar-refractivity contribution in [3.05, 3.63) is 83.9 Å². The molecule has 31 heavy (non-hydrogen) atoms. The van der Waals surface area contributed by atoms with Crippen LogP contribution in [-0.4, -0.2) is 22.0 Å². The number of hydrogen-bond donors (Lipinski definition) is 1. The molecular weight excluding hydrogens is 410 g/mol. The topological polar surface area (TPSA) is 73.3 Å². The molecule has 2 heterocycles. The molecule has 0 spiro atoms. The van der Waals surface area contributed by atoms with Crippen LogP contribution in [0.2, 0.25) is 0 Å². The zero-order valence-electron chi connectivity index (χ0n) is 17.1. The normalized spacial score (nSPS) is 10.7. The van der Waals surface area contributed by atoms with Gasteiger partial charge in [0.1, 0.15) is 17.2 Å². The Labute approximate surface area is 184 Å². The van der Waals surface area contributed by atoms with E-state index in [1.54, 1.807) is 42.6 Å². The number of benzene rings is 2. The average molecular weight is 432 g/mol. The Bertz CT molecular complexity index is 1160. The summed E-state index contributed by atoms with van der Waals surface area (Å²) in [6.45, 7) is 3.91. The van der Waals surface area contributed by atoms with Crippen molar-refractivity contribution in [2.24, 2.45) is 0 Å². The number of pyridine rings is 1. The van der Waals surface area contributed by atoms with Crippen molar-refractivity contribution in [2.75, 3.05) is 5.32 Å². The number of carbonyl (C=O) groups is 1. The summed E-state index contributed by atoms with van der Waals surface area (Å²) in [5.74, 6) is 0.727. The van der Waals surface area contributed by atoms with Gasteiger partial charge in [-0.15, -0.1) is 11.3 Å². The SMILES string of the molecule is CC(C)Oc1ccc(C(=O)Oc2cccc(Nc3nc(-c4ccccn4)cs3)c2)cc1. The number of hydrogen-bond acceptors (Lipinski definition) is 7. The van der Waals surface area contributed by atoms with Gasteiger partial charge in [-0.3, -0.25) is 4.98 Å². The molecule has 156 valence electrons. The van der Waals surface area contributed by atoms with Crippen LogP contribution in [0, 0.1) is 0 Å². The molecule has 0 unspecified atom stereocenters. The maximum Gasteiger partial charge on any atom is 0.343 e. The molecule has 0 aliphatic carbocycles. The minimum atomic E-state index is -0.431. The Balaban J connectivity index is 1.41. The predicted molar refractivity (Wildman–Crippen MR) is 122 cm³/mol. The first-order valence-electron chi connectivity index (χ1n) is 9.80. The van der Waals surface area contributed by atoms with Crippen molar-refractivity contribution in [1.82, 2.24) is 9.97 Å². The highest BCUT2D eigenvalue weighted by molar-refractivity contribution is 7.14. The van der Waals surface area contributed by atoms with Crippen LogP contribution >= 0.6 is 11.3 Å². The standard InChI is InChI=1S/C24H21N3O3S/c1-16(2)29-19-11-9-17(10-12-19)23(28)30-20-7-5-6-18(14-20)26-24-27-22(15-31-24)21-8-3-4-13-25-21/h3-16H,1-2H3,(H,26,27). The van der Waals surface area contributed by atoms with E-state index in [1.807, 2.05) is 49.6 Å². The van der Waals surface area contributed by atoms with Crippen molar-refractivity contribution in [2.45, 2.75) is 20.0 Å². The van der Waals surface area contributed by atoms with Crippen molar-refractivity contribution < 1.29 is 14.3 Å². The summed E-state index contributed by atoms with van der Waals surface area (Å²) < 4.78 is 11.1. The summed E-state index contributed by atoms with van der Waals surface area (Å²) >= 11 is 1.48. The predicted octanol–water partition coefficient (Wildman–Crippen LogP) is 5.96. The molecule has 4 aromatic rings. The van der Waals surface area contributed by atoms with E-state index in [0.29, 0.717) is 17.1 Å². The van der Waals surface area contributed by atoms with Gasteiger partial charge in [0.15, 0.2) is 5.13 Å². The molecule has 0 amide bonds. The highest BCUT2D eigenvalue weighted by Gasteiger charge is 2.11. The third-order valence-electron chi connectivity index (χ3n) is 4.19. The Morgan fingerprint density at radius 3 is 2.55 bits per heavy atom. The largest absolute Gasteiger partial charge is 0.491 e. The van der Waals surface area contributed by atoms with E-state index >= 15 is 0 Å². The molecule has 6 nitrogen and oxygen atoms in total. The second kappa shape index (κ2) is 9.40.